The molecule has 0 aliphatic heterocycles. The largest absolute Gasteiger partial charge is 1.00 e. The first-order valence-corrected chi connectivity index (χ1v) is 5.69. The van der Waals surface area contributed by atoms with Crippen molar-refractivity contribution in [2.75, 3.05) is 27.7 Å². The highest BCUT2D eigenvalue weighted by molar-refractivity contribution is 5.96. The Kier molecular flexibility index (Phi) is 6.85. The first-order valence-electron chi connectivity index (χ1n) is 5.69. The molecule has 1 aromatic rings. The molecule has 0 aliphatic carbocycles. The number of nitrogens with zero attached hydrogens (tertiary/aromatic N) is 2. The second-order valence-corrected chi connectivity index (χ2v) is 5.16. The van der Waals surface area contributed by atoms with Gasteiger partial charge in [-0.3, -0.25) is 9.78 Å². The lowest BCUT2D eigenvalue weighted by Crippen LogP contribution is -3.00. The van der Waals surface area contributed by atoms with Crippen LogP contribution >= 0.6 is 0 Å². The molecule has 4 heteroatoms. The highest BCUT2D eigenvalue weighted by Crippen LogP contribution is 2.13. The van der Waals surface area contributed by atoms with E-state index in [1.165, 1.54) is 0 Å². The van der Waals surface area contributed by atoms with Gasteiger partial charge in [-0.25, -0.2) is 0 Å². The lowest BCUT2D eigenvalue weighted by molar-refractivity contribution is -0.872. The molecule has 1 rings (SSSR count). The number of hydrogen-bond acceptors (Lipinski definition) is 2. The van der Waals surface area contributed by atoms with Gasteiger partial charge in [-0.1, -0.05) is 13.0 Å². The second-order valence-electron chi connectivity index (χ2n) is 5.16. The number of rotatable bonds is 5. The van der Waals surface area contributed by atoms with Crippen LogP contribution in [0, 0.1) is 5.92 Å². The number of aromatic nitrogens is 1. The van der Waals surface area contributed by atoms with E-state index >= 15 is 0 Å². The van der Waals surface area contributed by atoms with E-state index in [0.29, 0.717) is 5.69 Å². The van der Waals surface area contributed by atoms with Crippen molar-refractivity contribution >= 4 is 5.78 Å². The van der Waals surface area contributed by atoms with Crippen molar-refractivity contribution in [2.24, 2.45) is 5.92 Å². The van der Waals surface area contributed by atoms with E-state index in [9.17, 15) is 4.79 Å². The summed E-state index contributed by atoms with van der Waals surface area (Å²) >= 11 is 0. The van der Waals surface area contributed by atoms with Crippen LogP contribution < -0.4 is 24.0 Å². The molecule has 0 radical (unpaired) electrons. The highest BCUT2D eigenvalue weighted by Gasteiger charge is 2.25. The average Bonchev–Trinajstić information content (AvgIpc) is 2.25. The van der Waals surface area contributed by atoms with Crippen LogP contribution in [0.3, 0.4) is 0 Å². The summed E-state index contributed by atoms with van der Waals surface area (Å²) in [5.41, 5.74) is 0.586. The second kappa shape index (κ2) is 7.06. The van der Waals surface area contributed by atoms with Gasteiger partial charge in [0.05, 0.1) is 33.6 Å². The quantitative estimate of drug-likeness (QED) is 0.388. The average molecular weight is 348 g/mol. The van der Waals surface area contributed by atoms with Crippen LogP contribution in [0.5, 0.6) is 0 Å². The molecular formula is C13H21IN2O. The van der Waals surface area contributed by atoms with Crippen molar-refractivity contribution in [1.29, 1.82) is 0 Å². The topological polar surface area (TPSA) is 30.0 Å². The van der Waals surface area contributed by atoms with Crippen molar-refractivity contribution in [1.82, 2.24) is 4.98 Å². The van der Waals surface area contributed by atoms with Crippen LogP contribution in [0.15, 0.2) is 24.4 Å². The molecule has 0 amide bonds. The first kappa shape index (κ1) is 16.5. The van der Waals surface area contributed by atoms with Crippen molar-refractivity contribution < 1.29 is 33.3 Å². The van der Waals surface area contributed by atoms with E-state index < -0.39 is 0 Å². The molecule has 1 unspecified atom stereocenters. The molecule has 0 bridgehead atoms. The molecule has 3 nitrogen and oxygen atoms in total. The van der Waals surface area contributed by atoms with Crippen molar-refractivity contribution in [3.8, 4) is 0 Å². The maximum Gasteiger partial charge on any atom is 0.189 e. The van der Waals surface area contributed by atoms with E-state index in [2.05, 4.69) is 33.1 Å². The molecule has 0 fully saturated rings. The van der Waals surface area contributed by atoms with Gasteiger partial charge >= 0.3 is 0 Å². The molecule has 0 aliphatic rings. The van der Waals surface area contributed by atoms with Crippen molar-refractivity contribution in [3.63, 3.8) is 0 Å². The summed E-state index contributed by atoms with van der Waals surface area (Å²) in [4.78, 5) is 16.3. The summed E-state index contributed by atoms with van der Waals surface area (Å²) < 4.78 is 0.803. The fraction of sp³-hybridized carbons (Fsp3) is 0.538. The zero-order chi connectivity index (χ0) is 12.2. The monoisotopic (exact) mass is 348 g/mol. The Hall–Kier alpha value is -0.490. The molecule has 0 spiro atoms. The predicted molar refractivity (Wildman–Crippen MR) is 65.2 cm³/mol. The molecule has 0 N–H and O–H groups in total. The summed E-state index contributed by atoms with van der Waals surface area (Å²) in [6.07, 6.45) is 2.54. The number of quaternary nitrogens is 1. The van der Waals surface area contributed by atoms with Gasteiger partial charge in [0.1, 0.15) is 5.69 Å². The minimum atomic E-state index is 0. The minimum Gasteiger partial charge on any atom is -1.00 e. The number of hydrogen-bond donors (Lipinski definition) is 0. The Morgan fingerprint density at radius 3 is 2.41 bits per heavy atom. The maximum atomic E-state index is 12.2. The van der Waals surface area contributed by atoms with Crippen LogP contribution in [-0.2, 0) is 0 Å². The Morgan fingerprint density at radius 2 is 2.00 bits per heavy atom. The number of carbonyl (C=O) groups is 1. The number of Topliss-reactive ketones (excluding diaryl/α,β-unsaturated/α-hetero) is 1. The third-order valence-electron chi connectivity index (χ3n) is 2.55. The van der Waals surface area contributed by atoms with Crippen LogP contribution in [0.25, 0.3) is 0 Å². The van der Waals surface area contributed by atoms with Crippen LogP contribution in [0.4, 0.5) is 0 Å². The Bertz CT molecular complexity index is 346. The van der Waals surface area contributed by atoms with E-state index in [1.807, 2.05) is 12.1 Å². The van der Waals surface area contributed by atoms with Gasteiger partial charge in [0.25, 0.3) is 0 Å². The van der Waals surface area contributed by atoms with E-state index in [-0.39, 0.29) is 35.7 Å². The Balaban J connectivity index is 0.00000256. The Labute approximate surface area is 121 Å². The molecule has 96 valence electrons. The number of carbonyl (C=O) groups excluding carboxylic acids is 1. The van der Waals surface area contributed by atoms with Gasteiger partial charge in [-0.05, 0) is 18.6 Å². The first-order chi connectivity index (χ1) is 7.44. The zero-order valence-electron chi connectivity index (χ0n) is 11.0. The summed E-state index contributed by atoms with van der Waals surface area (Å²) in [6, 6.07) is 5.48. The third kappa shape index (κ3) is 5.59. The fourth-order valence-electron chi connectivity index (χ4n) is 1.78. The molecule has 17 heavy (non-hydrogen) atoms. The maximum absolute atomic E-state index is 12.2. The third-order valence-corrected chi connectivity index (χ3v) is 2.55. The molecular weight excluding hydrogens is 327 g/mol. The number of ketones is 1. The van der Waals surface area contributed by atoms with Crippen LogP contribution in [0.2, 0.25) is 0 Å². The molecule has 1 atom stereocenters. The standard InChI is InChI=1S/C13H21N2O.HI/c1-5-11(10-15(2,3)4)13(16)12-8-6-7-9-14-12;/h6-9,11H,5,10H2,1-4H3;1H/q+1;/p-1. The van der Waals surface area contributed by atoms with Gasteiger partial charge in [0, 0.05) is 6.20 Å². The van der Waals surface area contributed by atoms with E-state index in [0.717, 1.165) is 17.4 Å². The molecule has 0 aromatic carbocycles. The van der Waals surface area contributed by atoms with Gasteiger partial charge in [0.2, 0.25) is 0 Å². The van der Waals surface area contributed by atoms with Gasteiger partial charge in [-0.2, -0.15) is 0 Å². The Morgan fingerprint density at radius 1 is 1.35 bits per heavy atom. The van der Waals surface area contributed by atoms with E-state index in [1.54, 1.807) is 12.3 Å². The minimum absolute atomic E-state index is 0. The molecule has 1 heterocycles. The van der Waals surface area contributed by atoms with Gasteiger partial charge in [0.15, 0.2) is 5.78 Å². The summed E-state index contributed by atoms with van der Waals surface area (Å²) in [6.45, 7) is 2.91. The smallest absolute Gasteiger partial charge is 0.189 e. The van der Waals surface area contributed by atoms with Gasteiger partial charge in [-0.15, -0.1) is 0 Å². The lowest BCUT2D eigenvalue weighted by atomic mass is 9.97. The van der Waals surface area contributed by atoms with Gasteiger partial charge < -0.3 is 28.5 Å². The van der Waals surface area contributed by atoms with Crippen molar-refractivity contribution in [2.45, 2.75) is 13.3 Å². The SMILES string of the molecule is CCC(C[N+](C)(C)C)C(=O)c1ccccn1.[I-]. The van der Waals surface area contributed by atoms with E-state index in [4.69, 9.17) is 0 Å². The predicted octanol–water partition coefficient (Wildman–Crippen LogP) is -0.999. The summed E-state index contributed by atoms with van der Waals surface area (Å²) in [5, 5.41) is 0. The summed E-state index contributed by atoms with van der Waals surface area (Å²) in [7, 11) is 6.32. The lowest BCUT2D eigenvalue weighted by Gasteiger charge is -2.27. The fourth-order valence-corrected chi connectivity index (χ4v) is 1.78. The normalized spacial score (nSPS) is 12.7. The number of pyridine rings is 1. The van der Waals surface area contributed by atoms with Crippen LogP contribution in [0.1, 0.15) is 23.8 Å². The molecule has 1 aromatic heterocycles. The summed E-state index contributed by atoms with van der Waals surface area (Å²) in [5.74, 6) is 0.228. The highest BCUT2D eigenvalue weighted by atomic mass is 127. The molecule has 0 saturated carbocycles. The number of halogens is 1. The van der Waals surface area contributed by atoms with Crippen molar-refractivity contribution in [3.05, 3.63) is 30.1 Å². The van der Waals surface area contributed by atoms with Crippen LogP contribution in [-0.4, -0.2) is 42.9 Å². The zero-order valence-corrected chi connectivity index (χ0v) is 13.1. The molecule has 0 saturated heterocycles.